The maximum absolute atomic E-state index is 12.6. The fourth-order valence-electron chi connectivity index (χ4n) is 3.48. The lowest BCUT2D eigenvalue weighted by atomic mass is 9.97. The summed E-state index contributed by atoms with van der Waals surface area (Å²) in [5.74, 6) is 0.834. The molecule has 0 radical (unpaired) electrons. The van der Waals surface area contributed by atoms with E-state index in [2.05, 4.69) is 52.7 Å². The number of ether oxygens (including phenoxy) is 3. The van der Waals surface area contributed by atoms with Crippen molar-refractivity contribution in [3.8, 4) is 11.5 Å². The highest BCUT2D eigenvalue weighted by Crippen LogP contribution is 2.28. The van der Waals surface area contributed by atoms with Gasteiger partial charge in [0.2, 0.25) is 0 Å². The molecule has 38 heavy (non-hydrogen) atoms. The third-order valence-corrected chi connectivity index (χ3v) is 6.11. The number of nitrogens with one attached hydrogen (secondary N) is 2. The molecule has 9 nitrogen and oxygen atoms in total. The number of benzene rings is 2. The molecule has 0 aliphatic carbocycles. The van der Waals surface area contributed by atoms with Crippen molar-refractivity contribution in [3.05, 3.63) is 69.1 Å². The molecule has 1 unspecified atom stereocenters. The maximum atomic E-state index is 12.6. The average molecular weight is 542 g/mol. The van der Waals surface area contributed by atoms with Crippen LogP contribution in [-0.2, 0) is 22.5 Å². The molecular weight excluding hydrogens is 502 g/mol. The van der Waals surface area contributed by atoms with Crippen molar-refractivity contribution in [1.29, 1.82) is 0 Å². The molecule has 10 heteroatoms. The highest BCUT2D eigenvalue weighted by atomic mass is 32.1. The summed E-state index contributed by atoms with van der Waals surface area (Å²) in [6.45, 7) is 10.6. The molecule has 0 saturated carbocycles. The number of aryl methyl sites for hydroxylation is 3. The molecule has 0 amide bonds. The third-order valence-electron chi connectivity index (χ3n) is 5.85. The lowest BCUT2D eigenvalue weighted by molar-refractivity contribution is -0.159. The SMILES string of the molecule is COc1cc(CNC(=S)NC(CCCc2ccc(C)c(C)c2)OC(=O)C(C)(C)C)ccc1OCCN=[N+]=[N-]. The zero-order valence-electron chi connectivity index (χ0n) is 23.2. The second kappa shape index (κ2) is 15.1. The van der Waals surface area contributed by atoms with Crippen molar-refractivity contribution in [1.82, 2.24) is 10.6 Å². The second-order valence-electron chi connectivity index (χ2n) is 10.1. The van der Waals surface area contributed by atoms with Gasteiger partial charge < -0.3 is 24.8 Å². The Kier molecular flexibility index (Phi) is 12.2. The van der Waals surface area contributed by atoms with E-state index < -0.39 is 11.6 Å². The summed E-state index contributed by atoms with van der Waals surface area (Å²) in [4.78, 5) is 15.3. The van der Waals surface area contributed by atoms with Crippen LogP contribution in [0.4, 0.5) is 0 Å². The van der Waals surface area contributed by atoms with Crippen LogP contribution in [-0.4, -0.2) is 37.6 Å². The topological polar surface area (TPSA) is 118 Å². The highest BCUT2D eigenvalue weighted by Gasteiger charge is 2.26. The van der Waals surface area contributed by atoms with Crippen LogP contribution in [0, 0.1) is 19.3 Å². The molecule has 206 valence electrons. The summed E-state index contributed by atoms with van der Waals surface area (Å²) >= 11 is 5.51. The highest BCUT2D eigenvalue weighted by molar-refractivity contribution is 7.80. The lowest BCUT2D eigenvalue weighted by Gasteiger charge is -2.25. The first kappa shape index (κ1) is 30.7. The van der Waals surface area contributed by atoms with E-state index in [1.165, 1.54) is 16.7 Å². The minimum Gasteiger partial charge on any atom is -0.493 e. The summed E-state index contributed by atoms with van der Waals surface area (Å²) in [6.07, 6.45) is 1.78. The molecule has 2 aromatic carbocycles. The minimum absolute atomic E-state index is 0.231. The number of azide groups is 1. The molecule has 2 rings (SSSR count). The van der Waals surface area contributed by atoms with Crippen molar-refractivity contribution in [2.24, 2.45) is 10.5 Å². The number of rotatable bonds is 13. The lowest BCUT2D eigenvalue weighted by Crippen LogP contribution is -2.45. The molecule has 0 saturated heterocycles. The number of hydrogen-bond donors (Lipinski definition) is 2. The molecule has 0 spiro atoms. The normalized spacial score (nSPS) is 11.6. The molecule has 0 bridgehead atoms. The Labute approximate surface area is 230 Å². The van der Waals surface area contributed by atoms with Crippen LogP contribution in [0.5, 0.6) is 11.5 Å². The quantitative estimate of drug-likeness (QED) is 0.0616. The van der Waals surface area contributed by atoms with E-state index in [0.29, 0.717) is 29.6 Å². The van der Waals surface area contributed by atoms with E-state index in [1.807, 2.05) is 32.9 Å². The van der Waals surface area contributed by atoms with Crippen molar-refractivity contribution in [3.63, 3.8) is 0 Å². The average Bonchev–Trinajstić information content (AvgIpc) is 2.87. The molecule has 0 aliphatic rings. The van der Waals surface area contributed by atoms with Gasteiger partial charge in [-0.05, 0) is 99.6 Å². The van der Waals surface area contributed by atoms with Crippen LogP contribution in [0.3, 0.4) is 0 Å². The van der Waals surface area contributed by atoms with Crippen LogP contribution >= 0.6 is 12.2 Å². The molecule has 0 fully saturated rings. The maximum Gasteiger partial charge on any atom is 0.313 e. The Morgan fingerprint density at radius 2 is 1.84 bits per heavy atom. The van der Waals surface area contributed by atoms with Crippen molar-refractivity contribution < 1.29 is 19.0 Å². The minimum atomic E-state index is -0.621. The van der Waals surface area contributed by atoms with E-state index in [9.17, 15) is 4.79 Å². The number of nitrogens with zero attached hydrogens (tertiary/aromatic N) is 3. The number of esters is 1. The fourth-order valence-corrected chi connectivity index (χ4v) is 3.68. The number of thiocarbonyl (C=S) groups is 1. The number of carbonyl (C=O) groups excluding carboxylic acids is 1. The van der Waals surface area contributed by atoms with E-state index in [1.54, 1.807) is 13.2 Å². The van der Waals surface area contributed by atoms with Gasteiger partial charge >= 0.3 is 5.97 Å². The predicted molar refractivity (Wildman–Crippen MR) is 153 cm³/mol. The summed E-state index contributed by atoms with van der Waals surface area (Å²) in [7, 11) is 1.56. The van der Waals surface area contributed by atoms with Crippen molar-refractivity contribution in [2.45, 2.75) is 66.7 Å². The van der Waals surface area contributed by atoms with E-state index in [0.717, 1.165) is 18.4 Å². The number of hydrogen-bond acceptors (Lipinski definition) is 6. The van der Waals surface area contributed by atoms with Crippen LogP contribution in [0.1, 0.15) is 55.9 Å². The summed E-state index contributed by atoms with van der Waals surface area (Å²) in [5.41, 5.74) is 12.5. The van der Waals surface area contributed by atoms with Crippen molar-refractivity contribution in [2.75, 3.05) is 20.3 Å². The molecule has 2 N–H and O–H groups in total. The van der Waals surface area contributed by atoms with Gasteiger partial charge in [-0.2, -0.15) is 0 Å². The molecular formula is C28H39N5O4S. The molecule has 0 heterocycles. The predicted octanol–water partition coefficient (Wildman–Crippen LogP) is 5.90. The summed E-state index contributed by atoms with van der Waals surface area (Å²) in [6, 6.07) is 12.0. The second-order valence-corrected chi connectivity index (χ2v) is 10.5. The molecule has 2 aromatic rings. The van der Waals surface area contributed by atoms with Crippen molar-refractivity contribution >= 4 is 23.3 Å². The van der Waals surface area contributed by atoms with Gasteiger partial charge in [-0.25, -0.2) is 0 Å². The van der Waals surface area contributed by atoms with E-state index >= 15 is 0 Å². The summed E-state index contributed by atoms with van der Waals surface area (Å²) < 4.78 is 16.8. The van der Waals surface area contributed by atoms with E-state index in [-0.39, 0.29) is 19.1 Å². The van der Waals surface area contributed by atoms with Gasteiger partial charge in [-0.15, -0.1) is 0 Å². The monoisotopic (exact) mass is 541 g/mol. The summed E-state index contributed by atoms with van der Waals surface area (Å²) in [5, 5.41) is 10.2. The Morgan fingerprint density at radius 1 is 1.11 bits per heavy atom. The number of carbonyl (C=O) groups is 1. The van der Waals surface area contributed by atoms with Gasteiger partial charge in [0, 0.05) is 17.9 Å². The first-order chi connectivity index (χ1) is 18.0. The molecule has 0 aromatic heterocycles. The first-order valence-electron chi connectivity index (χ1n) is 12.7. The molecule has 0 aliphatic heterocycles. The van der Waals surface area contributed by atoms with Gasteiger partial charge in [0.25, 0.3) is 0 Å². The van der Waals surface area contributed by atoms with Gasteiger partial charge in [-0.1, -0.05) is 29.4 Å². The van der Waals surface area contributed by atoms with Gasteiger partial charge in [0.1, 0.15) is 0 Å². The van der Waals surface area contributed by atoms with Crippen LogP contribution in [0.15, 0.2) is 41.5 Å². The number of methoxy groups -OCH3 is 1. The molecule has 1 atom stereocenters. The zero-order chi connectivity index (χ0) is 28.1. The Bertz CT molecular complexity index is 1140. The van der Waals surface area contributed by atoms with Gasteiger partial charge in [0.05, 0.1) is 25.7 Å². The standard InChI is InChI=1S/C28H39N5O4S/c1-19-10-11-21(16-20(19)2)8-7-9-25(37-26(34)28(3,4)5)32-27(38)30-18-22-12-13-23(24(17-22)35-6)36-15-14-31-33-29/h10-13,16-17,25H,7-9,14-15,18H2,1-6H3,(H2,30,32,38). The van der Waals surface area contributed by atoms with Gasteiger partial charge in [-0.3, -0.25) is 4.79 Å². The zero-order valence-corrected chi connectivity index (χ0v) is 24.0. The smallest absolute Gasteiger partial charge is 0.313 e. The van der Waals surface area contributed by atoms with Crippen LogP contribution < -0.4 is 20.1 Å². The van der Waals surface area contributed by atoms with Crippen LogP contribution in [0.25, 0.3) is 10.4 Å². The third kappa shape index (κ3) is 10.5. The van der Waals surface area contributed by atoms with Crippen LogP contribution in [0.2, 0.25) is 0 Å². The Hall–Kier alpha value is -3.49. The first-order valence-corrected chi connectivity index (χ1v) is 13.1. The Morgan fingerprint density at radius 3 is 2.50 bits per heavy atom. The Balaban J connectivity index is 1.96. The largest absolute Gasteiger partial charge is 0.493 e. The van der Waals surface area contributed by atoms with Gasteiger partial charge in [0.15, 0.2) is 22.8 Å². The fraction of sp³-hybridized carbons (Fsp3) is 0.500. The van der Waals surface area contributed by atoms with E-state index in [4.69, 9.17) is 32.0 Å².